The summed E-state index contributed by atoms with van der Waals surface area (Å²) >= 11 is 0. The van der Waals surface area contributed by atoms with Crippen molar-refractivity contribution in [2.75, 3.05) is 14.2 Å². The lowest BCUT2D eigenvalue weighted by Crippen LogP contribution is -2.18. The molecule has 0 aliphatic carbocycles. The van der Waals surface area contributed by atoms with Crippen molar-refractivity contribution in [1.29, 1.82) is 5.41 Å². The summed E-state index contributed by atoms with van der Waals surface area (Å²) in [5.74, 6) is 0.978. The van der Waals surface area contributed by atoms with E-state index in [2.05, 4.69) is 24.1 Å². The Hall–Kier alpha value is -2.33. The van der Waals surface area contributed by atoms with Crippen molar-refractivity contribution in [3.8, 4) is 5.75 Å². The molecule has 2 rings (SSSR count). The van der Waals surface area contributed by atoms with Gasteiger partial charge in [-0.05, 0) is 36.4 Å². The Kier molecular flexibility index (Phi) is 4.95. The van der Waals surface area contributed by atoms with Gasteiger partial charge in [0.15, 0.2) is 0 Å². The third kappa shape index (κ3) is 4.33. The maximum Gasteiger partial charge on any atom is 0.122 e. The number of hydrogen-bond acceptors (Lipinski definition) is 3. The maximum absolute atomic E-state index is 7.49. The smallest absolute Gasteiger partial charge is 0.122 e. The molecule has 0 aliphatic heterocycles. The number of nitrogens with two attached hydrogens (primary N) is 1. The number of nitrogens with one attached hydrogen (secondary N) is 1. The first kappa shape index (κ1) is 15.1. The Bertz CT molecular complexity index is 625. The van der Waals surface area contributed by atoms with Gasteiger partial charge in [0.1, 0.15) is 11.6 Å². The van der Waals surface area contributed by atoms with Crippen molar-refractivity contribution >= 4 is 5.84 Å². The van der Waals surface area contributed by atoms with Crippen LogP contribution >= 0.6 is 0 Å². The fourth-order valence-corrected chi connectivity index (χ4v) is 2.29. The van der Waals surface area contributed by atoms with Crippen molar-refractivity contribution in [1.82, 2.24) is 4.90 Å². The predicted molar refractivity (Wildman–Crippen MR) is 85.6 cm³/mol. The molecular weight excluding hydrogens is 262 g/mol. The second-order valence-corrected chi connectivity index (χ2v) is 5.14. The minimum Gasteiger partial charge on any atom is -0.497 e. The first-order valence-electron chi connectivity index (χ1n) is 6.83. The molecule has 0 aliphatic rings. The molecule has 0 saturated carbocycles. The highest BCUT2D eigenvalue weighted by Gasteiger charge is 2.04. The second kappa shape index (κ2) is 6.90. The molecule has 0 spiro atoms. The van der Waals surface area contributed by atoms with Crippen LogP contribution in [0.15, 0.2) is 48.5 Å². The number of benzene rings is 2. The van der Waals surface area contributed by atoms with Crippen molar-refractivity contribution in [2.24, 2.45) is 5.73 Å². The zero-order chi connectivity index (χ0) is 15.2. The topological polar surface area (TPSA) is 62.3 Å². The molecule has 0 saturated heterocycles. The van der Waals surface area contributed by atoms with Gasteiger partial charge in [0.2, 0.25) is 0 Å². The lowest BCUT2D eigenvalue weighted by atomic mass is 10.1. The molecule has 0 radical (unpaired) electrons. The van der Waals surface area contributed by atoms with Crippen LogP contribution in [-0.4, -0.2) is 24.9 Å². The number of amidine groups is 1. The number of nitrogen functional groups attached to an aromatic ring is 1. The quantitative estimate of drug-likeness (QED) is 0.633. The van der Waals surface area contributed by atoms with Gasteiger partial charge in [0.05, 0.1) is 7.11 Å². The summed E-state index contributed by atoms with van der Waals surface area (Å²) in [5.41, 5.74) is 8.65. The van der Waals surface area contributed by atoms with Gasteiger partial charge in [0.25, 0.3) is 0 Å². The normalized spacial score (nSPS) is 10.6. The highest BCUT2D eigenvalue weighted by molar-refractivity contribution is 5.95. The van der Waals surface area contributed by atoms with E-state index in [0.717, 1.165) is 30.0 Å². The molecule has 0 aromatic heterocycles. The first-order valence-corrected chi connectivity index (χ1v) is 6.83. The predicted octanol–water partition coefficient (Wildman–Crippen LogP) is 2.61. The standard InChI is InChI=1S/C17H21N3O/c1-20(12-14-6-4-8-16(10-14)21-2)11-13-5-3-7-15(9-13)17(18)19/h3-10H,11-12H2,1-2H3,(H3,18,19). The first-order chi connectivity index (χ1) is 10.1. The summed E-state index contributed by atoms with van der Waals surface area (Å²) in [6.07, 6.45) is 0. The van der Waals surface area contributed by atoms with Gasteiger partial charge in [-0.1, -0.05) is 30.3 Å². The van der Waals surface area contributed by atoms with Crippen LogP contribution in [0.25, 0.3) is 0 Å². The van der Waals surface area contributed by atoms with Crippen LogP contribution in [0.5, 0.6) is 5.75 Å². The molecule has 0 bridgehead atoms. The Morgan fingerprint density at radius 1 is 1.10 bits per heavy atom. The Morgan fingerprint density at radius 2 is 1.71 bits per heavy atom. The van der Waals surface area contributed by atoms with Crippen LogP contribution in [0.1, 0.15) is 16.7 Å². The Balaban J connectivity index is 2.02. The van der Waals surface area contributed by atoms with E-state index >= 15 is 0 Å². The molecule has 21 heavy (non-hydrogen) atoms. The van der Waals surface area contributed by atoms with Gasteiger partial charge in [-0.2, -0.15) is 0 Å². The van der Waals surface area contributed by atoms with Crippen LogP contribution in [0, 0.1) is 5.41 Å². The third-order valence-corrected chi connectivity index (χ3v) is 3.28. The molecule has 0 heterocycles. The van der Waals surface area contributed by atoms with Gasteiger partial charge >= 0.3 is 0 Å². The lowest BCUT2D eigenvalue weighted by molar-refractivity contribution is 0.318. The van der Waals surface area contributed by atoms with E-state index in [4.69, 9.17) is 15.9 Å². The van der Waals surface area contributed by atoms with E-state index in [1.165, 1.54) is 5.56 Å². The molecule has 3 N–H and O–H groups in total. The minimum atomic E-state index is 0.104. The van der Waals surface area contributed by atoms with Gasteiger partial charge in [-0.15, -0.1) is 0 Å². The van der Waals surface area contributed by atoms with Crippen molar-refractivity contribution in [3.05, 3.63) is 65.2 Å². The zero-order valence-electron chi connectivity index (χ0n) is 12.5. The summed E-state index contributed by atoms with van der Waals surface area (Å²) in [6.45, 7) is 1.64. The average Bonchev–Trinajstić information content (AvgIpc) is 2.47. The molecular formula is C17H21N3O. The maximum atomic E-state index is 7.49. The summed E-state index contributed by atoms with van der Waals surface area (Å²) in [6, 6.07) is 15.9. The van der Waals surface area contributed by atoms with Crippen molar-refractivity contribution < 1.29 is 4.74 Å². The molecule has 110 valence electrons. The SMILES string of the molecule is COc1cccc(CN(C)Cc2cccc(C(=N)N)c2)c1. The summed E-state index contributed by atoms with van der Waals surface area (Å²) in [5, 5.41) is 7.49. The number of ether oxygens (including phenoxy) is 1. The summed E-state index contributed by atoms with van der Waals surface area (Å²) in [7, 11) is 3.75. The molecule has 0 fully saturated rings. The van der Waals surface area contributed by atoms with Crippen LogP contribution in [0.3, 0.4) is 0 Å². The summed E-state index contributed by atoms with van der Waals surface area (Å²) in [4.78, 5) is 2.22. The van der Waals surface area contributed by atoms with E-state index in [0.29, 0.717) is 0 Å². The van der Waals surface area contributed by atoms with Gasteiger partial charge < -0.3 is 10.5 Å². The molecule has 2 aromatic carbocycles. The molecule has 0 atom stereocenters. The number of nitrogens with zero attached hydrogens (tertiary/aromatic N) is 1. The van der Waals surface area contributed by atoms with Gasteiger partial charge in [0, 0.05) is 18.7 Å². The van der Waals surface area contributed by atoms with Crippen LogP contribution < -0.4 is 10.5 Å². The highest BCUT2D eigenvalue weighted by Crippen LogP contribution is 2.15. The molecule has 4 heteroatoms. The largest absolute Gasteiger partial charge is 0.497 e. The van der Waals surface area contributed by atoms with Gasteiger partial charge in [-0.3, -0.25) is 10.3 Å². The Morgan fingerprint density at radius 3 is 2.33 bits per heavy atom. The van der Waals surface area contributed by atoms with Crippen LogP contribution in [0.4, 0.5) is 0 Å². The van der Waals surface area contributed by atoms with Crippen molar-refractivity contribution in [2.45, 2.75) is 13.1 Å². The van der Waals surface area contributed by atoms with Gasteiger partial charge in [-0.25, -0.2) is 0 Å². The lowest BCUT2D eigenvalue weighted by Gasteiger charge is -2.17. The molecule has 0 amide bonds. The molecule has 4 nitrogen and oxygen atoms in total. The average molecular weight is 283 g/mol. The van der Waals surface area contributed by atoms with Crippen molar-refractivity contribution in [3.63, 3.8) is 0 Å². The highest BCUT2D eigenvalue weighted by atomic mass is 16.5. The summed E-state index contributed by atoms with van der Waals surface area (Å²) < 4.78 is 5.24. The van der Waals surface area contributed by atoms with E-state index < -0.39 is 0 Å². The second-order valence-electron chi connectivity index (χ2n) is 5.14. The zero-order valence-corrected chi connectivity index (χ0v) is 12.5. The van der Waals surface area contributed by atoms with Crippen LogP contribution in [0.2, 0.25) is 0 Å². The number of rotatable bonds is 6. The third-order valence-electron chi connectivity index (χ3n) is 3.28. The van der Waals surface area contributed by atoms with E-state index in [1.807, 2.05) is 36.4 Å². The minimum absolute atomic E-state index is 0.104. The fourth-order valence-electron chi connectivity index (χ4n) is 2.29. The fraction of sp³-hybridized carbons (Fsp3) is 0.235. The Labute approximate surface area is 125 Å². The van der Waals surface area contributed by atoms with Crippen LogP contribution in [-0.2, 0) is 13.1 Å². The van der Waals surface area contributed by atoms with E-state index in [1.54, 1.807) is 7.11 Å². The molecule has 0 unspecified atom stereocenters. The molecule has 2 aromatic rings. The van der Waals surface area contributed by atoms with E-state index in [-0.39, 0.29) is 5.84 Å². The number of methoxy groups -OCH3 is 1. The number of hydrogen-bond donors (Lipinski definition) is 2. The van der Waals surface area contributed by atoms with E-state index in [9.17, 15) is 0 Å². The monoisotopic (exact) mass is 283 g/mol.